The molecular formula is C16H22N2O5. The molecule has 0 radical (unpaired) electrons. The van der Waals surface area contributed by atoms with Gasteiger partial charge in [-0.25, -0.2) is 4.79 Å². The van der Waals surface area contributed by atoms with Crippen LogP contribution in [0.2, 0.25) is 0 Å². The van der Waals surface area contributed by atoms with Gasteiger partial charge < -0.3 is 24.8 Å². The quantitative estimate of drug-likeness (QED) is 0.816. The molecule has 2 N–H and O–H groups in total. The molecule has 1 aliphatic heterocycles. The van der Waals surface area contributed by atoms with Crippen LogP contribution < -0.4 is 10.6 Å². The molecule has 0 aliphatic carbocycles. The lowest BCUT2D eigenvalue weighted by atomic mass is 10.0. The third-order valence-electron chi connectivity index (χ3n) is 3.50. The van der Waals surface area contributed by atoms with Crippen LogP contribution in [0.25, 0.3) is 0 Å². The van der Waals surface area contributed by atoms with Crippen LogP contribution in [0, 0.1) is 0 Å². The zero-order valence-electron chi connectivity index (χ0n) is 13.1. The molecule has 1 aromatic carbocycles. The maximum Gasteiger partial charge on any atom is 0.407 e. The zero-order chi connectivity index (χ0) is 16.5. The van der Waals surface area contributed by atoms with Crippen LogP contribution in [0.3, 0.4) is 0 Å². The Morgan fingerprint density at radius 2 is 1.91 bits per heavy atom. The highest BCUT2D eigenvalue weighted by Crippen LogP contribution is 2.22. The molecule has 1 fully saturated rings. The predicted octanol–water partition coefficient (Wildman–Crippen LogP) is 1.01. The van der Waals surface area contributed by atoms with E-state index in [4.69, 9.17) is 14.2 Å². The summed E-state index contributed by atoms with van der Waals surface area (Å²) in [4.78, 5) is 22.3. The molecule has 1 aromatic rings. The maximum atomic E-state index is 11.3. The number of benzene rings is 1. The van der Waals surface area contributed by atoms with Crippen LogP contribution in [0.5, 0.6) is 0 Å². The van der Waals surface area contributed by atoms with Gasteiger partial charge in [0, 0.05) is 25.9 Å². The minimum atomic E-state index is -0.633. The van der Waals surface area contributed by atoms with E-state index >= 15 is 0 Å². The number of ether oxygens (including phenoxy) is 3. The summed E-state index contributed by atoms with van der Waals surface area (Å²) in [5.74, 6) is -0.121. The summed E-state index contributed by atoms with van der Waals surface area (Å²) >= 11 is 0. The van der Waals surface area contributed by atoms with Gasteiger partial charge in [-0.3, -0.25) is 4.79 Å². The summed E-state index contributed by atoms with van der Waals surface area (Å²) in [6.45, 7) is 1.25. The Labute approximate surface area is 135 Å². The summed E-state index contributed by atoms with van der Waals surface area (Å²) in [5.41, 5.74) is 1.20. The molecule has 2 amide bonds. The van der Waals surface area contributed by atoms with Crippen molar-refractivity contribution in [3.8, 4) is 0 Å². The van der Waals surface area contributed by atoms with E-state index in [1.54, 1.807) is 0 Å². The molecule has 0 aromatic heterocycles. The summed E-state index contributed by atoms with van der Waals surface area (Å²) in [6.07, 6.45) is -0.447. The number of carbonyl (C=O) groups excluding carboxylic acids is 2. The third-order valence-corrected chi connectivity index (χ3v) is 3.50. The van der Waals surface area contributed by atoms with Crippen LogP contribution in [-0.2, 0) is 19.0 Å². The lowest BCUT2D eigenvalue weighted by molar-refractivity contribution is -0.188. The van der Waals surface area contributed by atoms with E-state index in [1.807, 2.05) is 18.2 Å². The van der Waals surface area contributed by atoms with Crippen molar-refractivity contribution in [1.29, 1.82) is 0 Å². The van der Waals surface area contributed by atoms with Gasteiger partial charge in [0.05, 0.1) is 13.2 Å². The lowest BCUT2D eigenvalue weighted by Crippen LogP contribution is -2.35. The van der Waals surface area contributed by atoms with E-state index in [9.17, 15) is 9.59 Å². The van der Waals surface area contributed by atoms with Crippen molar-refractivity contribution in [1.82, 2.24) is 10.6 Å². The number of likely N-dealkylation sites (N-methyl/N-ethyl adjacent to an activating group) is 1. The van der Waals surface area contributed by atoms with Gasteiger partial charge in [0.15, 0.2) is 12.9 Å². The van der Waals surface area contributed by atoms with Crippen LogP contribution in [0.4, 0.5) is 4.79 Å². The first-order valence-corrected chi connectivity index (χ1v) is 7.58. The normalized spacial score (nSPS) is 20.6. The second-order valence-electron chi connectivity index (χ2n) is 5.17. The van der Waals surface area contributed by atoms with Gasteiger partial charge in [0.25, 0.3) is 5.91 Å². The number of alkyl carbamates (subject to hydrolysis) is 1. The molecule has 126 valence electrons. The van der Waals surface area contributed by atoms with E-state index in [1.165, 1.54) is 12.6 Å². The van der Waals surface area contributed by atoms with Gasteiger partial charge in [-0.1, -0.05) is 30.3 Å². The molecule has 23 heavy (non-hydrogen) atoms. The number of hydrogen-bond acceptors (Lipinski definition) is 5. The first-order valence-electron chi connectivity index (χ1n) is 7.58. The van der Waals surface area contributed by atoms with Crippen molar-refractivity contribution in [2.75, 3.05) is 33.4 Å². The van der Waals surface area contributed by atoms with Gasteiger partial charge >= 0.3 is 6.09 Å². The highest BCUT2D eigenvalue weighted by molar-refractivity contribution is 5.79. The van der Waals surface area contributed by atoms with E-state index < -0.39 is 6.09 Å². The van der Waals surface area contributed by atoms with Crippen LogP contribution >= 0.6 is 0 Å². The average molecular weight is 322 g/mol. The largest absolute Gasteiger partial charge is 0.439 e. The Balaban J connectivity index is 1.60. The first-order chi connectivity index (χ1) is 11.2. The Bertz CT molecular complexity index is 500. The molecule has 0 spiro atoms. The number of nitrogens with one attached hydrogen (secondary N) is 2. The van der Waals surface area contributed by atoms with Crippen molar-refractivity contribution in [3.63, 3.8) is 0 Å². The van der Waals surface area contributed by atoms with Gasteiger partial charge in [0.2, 0.25) is 0 Å². The number of rotatable bonds is 6. The monoisotopic (exact) mass is 322 g/mol. The predicted molar refractivity (Wildman–Crippen MR) is 82.9 cm³/mol. The van der Waals surface area contributed by atoms with E-state index in [-0.39, 0.29) is 24.7 Å². The molecule has 0 saturated carbocycles. The minimum absolute atomic E-state index is 0.234. The molecule has 7 heteroatoms. The van der Waals surface area contributed by atoms with Gasteiger partial charge in [-0.05, 0) is 5.56 Å². The van der Waals surface area contributed by atoms with Crippen molar-refractivity contribution in [2.24, 2.45) is 0 Å². The molecule has 2 rings (SSSR count). The zero-order valence-corrected chi connectivity index (χ0v) is 13.1. The molecule has 1 aliphatic rings. The number of carbonyl (C=O) groups is 2. The van der Waals surface area contributed by atoms with Crippen LogP contribution in [0.1, 0.15) is 17.9 Å². The number of amides is 2. The average Bonchev–Trinajstić information content (AvgIpc) is 2.61. The molecule has 0 unspecified atom stereocenters. The molecular weight excluding hydrogens is 300 g/mol. The van der Waals surface area contributed by atoms with Crippen LogP contribution in [0.15, 0.2) is 30.3 Å². The number of hydrogen-bond donors (Lipinski definition) is 2. The Hall–Kier alpha value is -2.12. The van der Waals surface area contributed by atoms with Crippen molar-refractivity contribution in [2.45, 2.75) is 18.6 Å². The summed E-state index contributed by atoms with van der Waals surface area (Å²) in [7, 11) is 1.48. The molecule has 0 atom stereocenters. The van der Waals surface area contributed by atoms with Crippen LogP contribution in [-0.4, -0.2) is 51.7 Å². The highest BCUT2D eigenvalue weighted by Gasteiger charge is 2.23. The summed E-state index contributed by atoms with van der Waals surface area (Å²) in [5, 5.41) is 4.91. The molecule has 7 nitrogen and oxygen atoms in total. The fourth-order valence-corrected chi connectivity index (χ4v) is 2.17. The standard InChI is InChI=1S/C16H22N2O5/c1-17-14(19)11-23-16(20)18-8-7-15-21-9-13(10-22-15)12-5-3-2-4-6-12/h2-6,13,15H,7-11H2,1H3,(H,17,19)(H,18,20). The van der Waals surface area contributed by atoms with Gasteiger partial charge in [0.1, 0.15) is 0 Å². The first kappa shape index (κ1) is 17.2. The van der Waals surface area contributed by atoms with Crippen molar-refractivity contribution < 1.29 is 23.8 Å². The lowest BCUT2D eigenvalue weighted by Gasteiger charge is -2.29. The van der Waals surface area contributed by atoms with Gasteiger partial charge in [-0.15, -0.1) is 0 Å². The second-order valence-corrected chi connectivity index (χ2v) is 5.17. The maximum absolute atomic E-state index is 11.3. The third kappa shape index (κ3) is 5.88. The van der Waals surface area contributed by atoms with E-state index in [2.05, 4.69) is 22.8 Å². The Morgan fingerprint density at radius 3 is 2.57 bits per heavy atom. The topological polar surface area (TPSA) is 85.9 Å². The Morgan fingerprint density at radius 1 is 1.22 bits per heavy atom. The SMILES string of the molecule is CNC(=O)COC(=O)NCCC1OCC(c2ccccc2)CO1. The van der Waals surface area contributed by atoms with E-state index in [0.29, 0.717) is 26.2 Å². The highest BCUT2D eigenvalue weighted by atomic mass is 16.7. The minimum Gasteiger partial charge on any atom is -0.439 e. The molecule has 0 bridgehead atoms. The molecule has 1 heterocycles. The van der Waals surface area contributed by atoms with E-state index in [0.717, 1.165) is 0 Å². The second kappa shape index (κ2) is 9.12. The summed E-state index contributed by atoms with van der Waals surface area (Å²) in [6, 6.07) is 10.1. The summed E-state index contributed by atoms with van der Waals surface area (Å²) < 4.78 is 16.0. The smallest absolute Gasteiger partial charge is 0.407 e. The van der Waals surface area contributed by atoms with Crippen molar-refractivity contribution >= 4 is 12.0 Å². The van der Waals surface area contributed by atoms with Crippen molar-refractivity contribution in [3.05, 3.63) is 35.9 Å². The fraction of sp³-hybridized carbons (Fsp3) is 0.500. The molecule has 1 saturated heterocycles. The Kier molecular flexibility index (Phi) is 6.83. The fourth-order valence-electron chi connectivity index (χ4n) is 2.17. The van der Waals surface area contributed by atoms with Gasteiger partial charge in [-0.2, -0.15) is 0 Å².